The van der Waals surface area contributed by atoms with Crippen molar-refractivity contribution in [1.29, 1.82) is 0 Å². The lowest BCUT2D eigenvalue weighted by Crippen LogP contribution is -2.47. The van der Waals surface area contributed by atoms with Gasteiger partial charge in [-0.1, -0.05) is 42.4 Å². The van der Waals surface area contributed by atoms with Crippen molar-refractivity contribution in [3.8, 4) is 0 Å². The summed E-state index contributed by atoms with van der Waals surface area (Å²) in [5.41, 5.74) is 0.207. The molecule has 2 saturated heterocycles. The number of nitrogens with one attached hydrogen (secondary N) is 2. The summed E-state index contributed by atoms with van der Waals surface area (Å²) in [6.45, 7) is 13.4. The van der Waals surface area contributed by atoms with E-state index in [0.717, 1.165) is 24.8 Å². The largest absolute Gasteiger partial charge is 0.444 e. The topological polar surface area (TPSA) is 148 Å². The second-order valence-corrected chi connectivity index (χ2v) is 14.1. The van der Waals surface area contributed by atoms with E-state index in [0.29, 0.717) is 24.6 Å². The zero-order chi connectivity index (χ0) is 32.6. The summed E-state index contributed by atoms with van der Waals surface area (Å²) in [6.07, 6.45) is 1.32. The van der Waals surface area contributed by atoms with Crippen LogP contribution in [0.2, 0.25) is 0 Å². The van der Waals surface area contributed by atoms with Gasteiger partial charge in [-0.25, -0.2) is 14.4 Å². The normalized spacial score (nSPS) is 20.9. The van der Waals surface area contributed by atoms with Gasteiger partial charge in [-0.05, 0) is 71.8 Å². The maximum absolute atomic E-state index is 13.5. The van der Waals surface area contributed by atoms with Crippen molar-refractivity contribution in [2.75, 3.05) is 13.1 Å². The van der Waals surface area contributed by atoms with Gasteiger partial charge in [0.2, 0.25) is 5.96 Å². The predicted molar refractivity (Wildman–Crippen MR) is 164 cm³/mol. The molecule has 1 spiro atoms. The first kappa shape index (κ1) is 32.3. The van der Waals surface area contributed by atoms with Crippen LogP contribution in [0.25, 0.3) is 0 Å². The highest BCUT2D eigenvalue weighted by atomic mass is 16.7. The van der Waals surface area contributed by atoms with Gasteiger partial charge in [-0.3, -0.25) is 20.5 Å². The van der Waals surface area contributed by atoms with Crippen LogP contribution in [0.4, 0.5) is 14.4 Å². The van der Waals surface area contributed by atoms with Crippen LogP contribution in [0.3, 0.4) is 0 Å². The molecular formula is C32H44N6O7. The number of nitrogens with zero attached hydrogens (tertiary/aromatic N) is 4. The molecule has 2 aliphatic heterocycles. The molecule has 2 N–H and O–H groups in total. The van der Waals surface area contributed by atoms with E-state index < -0.39 is 23.4 Å². The molecule has 1 aliphatic carbocycles. The van der Waals surface area contributed by atoms with Crippen molar-refractivity contribution in [3.63, 3.8) is 0 Å². The first-order chi connectivity index (χ1) is 21.1. The quantitative estimate of drug-likeness (QED) is 0.297. The predicted octanol–water partition coefficient (Wildman–Crippen LogP) is 5.65. The van der Waals surface area contributed by atoms with E-state index in [1.807, 2.05) is 48.2 Å². The molecule has 3 aliphatic rings. The van der Waals surface area contributed by atoms with Crippen molar-refractivity contribution in [2.24, 2.45) is 10.4 Å². The number of benzene rings is 1. The lowest BCUT2D eigenvalue weighted by atomic mass is 9.84. The van der Waals surface area contributed by atoms with E-state index in [9.17, 15) is 14.4 Å². The molecule has 1 unspecified atom stereocenters. The number of hydrogen-bond acceptors (Lipinski definition) is 9. The number of rotatable bonds is 7. The van der Waals surface area contributed by atoms with Gasteiger partial charge in [0.25, 0.3) is 0 Å². The molecule has 4 amide bonds. The summed E-state index contributed by atoms with van der Waals surface area (Å²) in [6, 6.07) is 11.3. The number of aliphatic imine (C=N–C) groups is 1. The van der Waals surface area contributed by atoms with Crippen molar-refractivity contribution in [3.05, 3.63) is 53.4 Å². The molecule has 13 heteroatoms. The first-order valence-electron chi connectivity index (χ1n) is 15.4. The molecule has 1 saturated carbocycles. The molecule has 1 aromatic carbocycles. The third-order valence-corrected chi connectivity index (χ3v) is 8.01. The zero-order valence-electron chi connectivity index (χ0n) is 27.1. The van der Waals surface area contributed by atoms with Crippen LogP contribution in [-0.2, 0) is 20.9 Å². The molecule has 3 heterocycles. The van der Waals surface area contributed by atoms with Gasteiger partial charge in [0, 0.05) is 18.5 Å². The smallest absolute Gasteiger partial charge is 0.414 e. The van der Waals surface area contributed by atoms with Gasteiger partial charge in [0.05, 0.1) is 18.6 Å². The Morgan fingerprint density at radius 3 is 2.27 bits per heavy atom. The van der Waals surface area contributed by atoms with Crippen LogP contribution >= 0.6 is 0 Å². The summed E-state index contributed by atoms with van der Waals surface area (Å²) >= 11 is 0. The first-order valence-corrected chi connectivity index (χ1v) is 15.4. The molecule has 0 radical (unpaired) electrons. The molecule has 3 fully saturated rings. The lowest BCUT2D eigenvalue weighted by Gasteiger charge is -2.35. The average Bonchev–Trinajstić information content (AvgIpc) is 3.40. The number of carbonyl (C=O) groups excluding carboxylic acids is 3. The number of ether oxygens (including phenoxy) is 2. The Kier molecular flexibility index (Phi) is 8.85. The Balaban J connectivity index is 1.26. The van der Waals surface area contributed by atoms with Crippen LogP contribution in [0.5, 0.6) is 0 Å². The van der Waals surface area contributed by atoms with E-state index in [1.54, 1.807) is 46.6 Å². The van der Waals surface area contributed by atoms with Crippen LogP contribution in [0, 0.1) is 5.41 Å². The number of carbonyl (C=O) groups is 3. The van der Waals surface area contributed by atoms with Crippen LogP contribution in [0.1, 0.15) is 96.7 Å². The number of hydrogen-bond donors (Lipinski definition) is 2. The number of fused-ring (bicyclic) bond motifs is 3. The fraction of sp³-hybridized carbons (Fsp3) is 0.594. The SMILES string of the molecule is CC(CN=C(NC(=O)OC(C)(C)C)NC(=O)OC(C)(C)C)c1cc([C@@H]2CC3(CC3)[C@@H]3CN2C(=O)N3OCc2ccccc2)no1. The van der Waals surface area contributed by atoms with Gasteiger partial charge >= 0.3 is 18.2 Å². The van der Waals surface area contributed by atoms with Crippen molar-refractivity contribution < 1.29 is 33.2 Å². The number of alkyl carbamates (subject to hydrolysis) is 2. The fourth-order valence-corrected chi connectivity index (χ4v) is 5.68. The minimum absolute atomic E-state index is 0.00854. The number of guanidine groups is 1. The van der Waals surface area contributed by atoms with Gasteiger partial charge in [0.1, 0.15) is 29.3 Å². The second kappa shape index (κ2) is 12.3. The van der Waals surface area contributed by atoms with E-state index >= 15 is 0 Å². The average molecular weight is 625 g/mol. The molecule has 45 heavy (non-hydrogen) atoms. The number of urea groups is 1. The summed E-state index contributed by atoms with van der Waals surface area (Å²) < 4.78 is 16.4. The number of hydroxylamine groups is 2. The Hall–Kier alpha value is -4.13. The highest BCUT2D eigenvalue weighted by molar-refractivity contribution is 6.01. The Bertz CT molecular complexity index is 1390. The maximum atomic E-state index is 13.5. The Morgan fingerprint density at radius 2 is 1.69 bits per heavy atom. The minimum Gasteiger partial charge on any atom is -0.444 e. The standard InChI is InChI=1S/C32H44N6O7/c1-20(17-33-26(34-27(39)43-30(2,3)4)35-28(40)44-31(5,6)7)24-15-22(36-45-24)23-16-32(13-14-32)25-18-37(23)29(41)38(25)42-19-21-11-9-8-10-12-21/h8-12,15,20,23,25H,13-14,16-19H2,1-7H3,(H2,33,34,35,39,40)/t20?,23-,25-/m0/s1. The van der Waals surface area contributed by atoms with Crippen LogP contribution in [-0.4, -0.2) is 69.6 Å². The number of aromatic nitrogens is 1. The van der Waals surface area contributed by atoms with E-state index in [-0.39, 0.29) is 42.0 Å². The van der Waals surface area contributed by atoms with Crippen molar-refractivity contribution >= 4 is 24.2 Å². The minimum atomic E-state index is -0.770. The molecule has 5 rings (SSSR count). The molecular weight excluding hydrogens is 580 g/mol. The van der Waals surface area contributed by atoms with Crippen molar-refractivity contribution in [2.45, 2.75) is 104 Å². The molecule has 244 valence electrons. The van der Waals surface area contributed by atoms with Gasteiger partial charge in [-0.15, -0.1) is 0 Å². The summed E-state index contributed by atoms with van der Waals surface area (Å²) in [7, 11) is 0. The number of amides is 4. The van der Waals surface area contributed by atoms with E-state index in [2.05, 4.69) is 20.8 Å². The molecule has 13 nitrogen and oxygen atoms in total. The summed E-state index contributed by atoms with van der Waals surface area (Å²) in [4.78, 5) is 50.7. The molecule has 2 bridgehead atoms. The van der Waals surface area contributed by atoms with Gasteiger partial charge < -0.3 is 18.9 Å². The maximum Gasteiger partial charge on any atom is 0.414 e. The third-order valence-electron chi connectivity index (χ3n) is 8.01. The third kappa shape index (κ3) is 7.94. The van der Waals surface area contributed by atoms with Crippen LogP contribution < -0.4 is 10.6 Å². The fourth-order valence-electron chi connectivity index (χ4n) is 5.68. The monoisotopic (exact) mass is 624 g/mol. The van der Waals surface area contributed by atoms with E-state index in [4.69, 9.17) is 18.8 Å². The van der Waals surface area contributed by atoms with E-state index in [1.165, 1.54) is 0 Å². The highest BCUT2D eigenvalue weighted by Crippen LogP contribution is 2.61. The molecule has 2 aromatic rings. The summed E-state index contributed by atoms with van der Waals surface area (Å²) in [5.74, 6) is 0.184. The Morgan fingerprint density at radius 1 is 1.07 bits per heavy atom. The van der Waals surface area contributed by atoms with Gasteiger partial charge in [-0.2, -0.15) is 5.06 Å². The van der Waals surface area contributed by atoms with Crippen LogP contribution in [0.15, 0.2) is 45.9 Å². The number of piperidine rings is 1. The lowest BCUT2D eigenvalue weighted by molar-refractivity contribution is -0.153. The summed E-state index contributed by atoms with van der Waals surface area (Å²) in [5, 5.41) is 10.9. The van der Waals surface area contributed by atoms with Gasteiger partial charge in [0.15, 0.2) is 0 Å². The molecule has 3 atom stereocenters. The molecule has 1 aromatic heterocycles. The van der Waals surface area contributed by atoms with Crippen molar-refractivity contribution in [1.82, 2.24) is 25.8 Å². The zero-order valence-corrected chi connectivity index (χ0v) is 27.1. The Labute approximate surface area is 263 Å². The highest BCUT2D eigenvalue weighted by Gasteiger charge is 2.63. The second-order valence-electron chi connectivity index (χ2n) is 14.1.